The second kappa shape index (κ2) is 9.15. The molecule has 1 amide bonds. The number of carbonyl (C=O) groups excluding carboxylic acids is 1. The van der Waals surface area contributed by atoms with Gasteiger partial charge < -0.3 is 4.74 Å². The second-order valence-corrected chi connectivity index (χ2v) is 7.51. The van der Waals surface area contributed by atoms with Gasteiger partial charge in [-0.15, -0.1) is 0 Å². The maximum absolute atomic E-state index is 12.0. The summed E-state index contributed by atoms with van der Waals surface area (Å²) in [5, 5.41) is 3.94. The van der Waals surface area contributed by atoms with E-state index in [1.54, 1.807) is 6.21 Å². The van der Waals surface area contributed by atoms with Gasteiger partial charge >= 0.3 is 0 Å². The van der Waals surface area contributed by atoms with Crippen molar-refractivity contribution in [1.82, 2.24) is 5.43 Å². The van der Waals surface area contributed by atoms with Gasteiger partial charge in [-0.1, -0.05) is 60.1 Å². The van der Waals surface area contributed by atoms with Gasteiger partial charge in [0.15, 0.2) is 6.61 Å². The van der Waals surface area contributed by atoms with E-state index >= 15 is 0 Å². The van der Waals surface area contributed by atoms with E-state index in [2.05, 4.69) is 56.2 Å². The van der Waals surface area contributed by atoms with Crippen LogP contribution >= 0.6 is 31.9 Å². The quantitative estimate of drug-likeness (QED) is 0.470. The van der Waals surface area contributed by atoms with Gasteiger partial charge in [0, 0.05) is 4.47 Å². The van der Waals surface area contributed by atoms with Gasteiger partial charge in [0.05, 0.1) is 10.7 Å². The summed E-state index contributed by atoms with van der Waals surface area (Å²) in [4.78, 5) is 12.0. The minimum Gasteiger partial charge on any atom is -0.482 e. The average Bonchev–Trinajstić information content (AvgIpc) is 2.59. The van der Waals surface area contributed by atoms with Crippen LogP contribution in [0.3, 0.4) is 0 Å². The third-order valence-electron chi connectivity index (χ3n) is 3.60. The molecular weight excluding hydrogens is 448 g/mol. The van der Waals surface area contributed by atoms with Crippen LogP contribution in [0.4, 0.5) is 0 Å². The molecule has 0 aliphatic heterocycles. The van der Waals surface area contributed by atoms with Crippen molar-refractivity contribution in [2.45, 2.75) is 26.7 Å². The monoisotopic (exact) mass is 466 g/mol. The van der Waals surface area contributed by atoms with E-state index in [4.69, 9.17) is 4.74 Å². The third-order valence-corrected chi connectivity index (χ3v) is 5.38. The summed E-state index contributed by atoms with van der Waals surface area (Å²) >= 11 is 7.12. The number of hydrogen-bond acceptors (Lipinski definition) is 3. The fourth-order valence-electron chi connectivity index (χ4n) is 2.18. The van der Waals surface area contributed by atoms with Crippen molar-refractivity contribution in [3.05, 3.63) is 62.0 Å². The third kappa shape index (κ3) is 5.41. The van der Waals surface area contributed by atoms with Crippen molar-refractivity contribution in [2.24, 2.45) is 5.10 Å². The summed E-state index contributed by atoms with van der Waals surface area (Å²) in [6.45, 7) is 6.04. The van der Waals surface area contributed by atoms with Crippen LogP contribution in [0.15, 0.2) is 50.4 Å². The van der Waals surface area contributed by atoms with E-state index in [9.17, 15) is 4.79 Å². The molecular formula is C19H20Br2N2O2. The number of ether oxygens (including phenoxy) is 1. The Bertz CT molecular complexity index is 775. The summed E-state index contributed by atoms with van der Waals surface area (Å²) in [5.41, 5.74) is 5.45. The Morgan fingerprint density at radius 3 is 2.60 bits per heavy atom. The molecule has 0 heterocycles. The highest BCUT2D eigenvalue weighted by atomic mass is 79.9. The molecule has 0 fully saturated rings. The highest BCUT2D eigenvalue weighted by Gasteiger charge is 2.17. The smallest absolute Gasteiger partial charge is 0.277 e. The van der Waals surface area contributed by atoms with Crippen molar-refractivity contribution in [1.29, 1.82) is 0 Å². The van der Waals surface area contributed by atoms with Crippen molar-refractivity contribution >= 4 is 44.0 Å². The largest absolute Gasteiger partial charge is 0.482 e. The highest BCUT2D eigenvalue weighted by molar-refractivity contribution is 9.11. The maximum atomic E-state index is 12.0. The van der Waals surface area contributed by atoms with Gasteiger partial charge in [0.25, 0.3) is 5.91 Å². The topological polar surface area (TPSA) is 50.7 Å². The molecule has 4 nitrogen and oxygen atoms in total. The Kier molecular flexibility index (Phi) is 7.20. The first-order valence-corrected chi connectivity index (χ1v) is 9.47. The standard InChI is InChI=1S/C19H20Br2N2O2/c1-12(2)15-9-16(20)13(3)18(21)19(15)25-11-17(24)23-22-10-14-7-5-4-6-8-14/h4-10,12H,11H2,1-3H3,(H,23,24). The van der Waals surface area contributed by atoms with Crippen LogP contribution in [0.25, 0.3) is 0 Å². The first kappa shape index (κ1) is 19.7. The second-order valence-electron chi connectivity index (χ2n) is 5.86. The Hall–Kier alpha value is -1.66. The lowest BCUT2D eigenvalue weighted by atomic mass is 10.0. The molecule has 2 aromatic carbocycles. The number of halogens is 2. The van der Waals surface area contributed by atoms with Crippen LogP contribution in [-0.4, -0.2) is 18.7 Å². The number of nitrogens with zero attached hydrogens (tertiary/aromatic N) is 1. The number of carbonyl (C=O) groups is 1. The summed E-state index contributed by atoms with van der Waals surface area (Å²) < 4.78 is 7.64. The number of rotatable bonds is 6. The van der Waals surface area contributed by atoms with Crippen LogP contribution in [0.5, 0.6) is 5.75 Å². The van der Waals surface area contributed by atoms with Gasteiger partial charge in [-0.25, -0.2) is 5.43 Å². The van der Waals surface area contributed by atoms with E-state index < -0.39 is 0 Å². The van der Waals surface area contributed by atoms with E-state index in [0.29, 0.717) is 5.75 Å². The van der Waals surface area contributed by atoms with Crippen LogP contribution in [0.1, 0.15) is 36.5 Å². The van der Waals surface area contributed by atoms with Gasteiger partial charge in [0.1, 0.15) is 5.75 Å². The minimum absolute atomic E-state index is 0.106. The maximum Gasteiger partial charge on any atom is 0.277 e. The average molecular weight is 468 g/mol. The molecule has 0 aliphatic rings. The van der Waals surface area contributed by atoms with E-state index in [0.717, 1.165) is 25.6 Å². The van der Waals surface area contributed by atoms with Crippen molar-refractivity contribution < 1.29 is 9.53 Å². The molecule has 6 heteroatoms. The SMILES string of the molecule is Cc1c(Br)cc(C(C)C)c(OCC(=O)NN=Cc2ccccc2)c1Br. The normalized spacial score (nSPS) is 11.1. The number of amides is 1. The molecule has 0 radical (unpaired) electrons. The molecule has 132 valence electrons. The molecule has 2 aromatic rings. The lowest BCUT2D eigenvalue weighted by molar-refractivity contribution is -0.123. The Balaban J connectivity index is 2.02. The van der Waals surface area contributed by atoms with Gasteiger partial charge in [-0.05, 0) is 51.5 Å². The van der Waals surface area contributed by atoms with Crippen LogP contribution in [0, 0.1) is 6.92 Å². The van der Waals surface area contributed by atoms with Crippen LogP contribution in [0.2, 0.25) is 0 Å². The first-order chi connectivity index (χ1) is 11.9. The fraction of sp³-hybridized carbons (Fsp3) is 0.263. The van der Waals surface area contributed by atoms with Crippen LogP contribution < -0.4 is 10.2 Å². The van der Waals surface area contributed by atoms with Crippen molar-refractivity contribution in [3.63, 3.8) is 0 Å². The number of benzene rings is 2. The minimum atomic E-state index is -0.311. The summed E-state index contributed by atoms with van der Waals surface area (Å²) in [5.74, 6) is 0.648. The highest BCUT2D eigenvalue weighted by Crippen LogP contribution is 2.40. The zero-order valence-corrected chi connectivity index (χ0v) is 17.5. The fourth-order valence-corrected chi connectivity index (χ4v) is 3.44. The van der Waals surface area contributed by atoms with Gasteiger partial charge in [0.2, 0.25) is 0 Å². The molecule has 0 unspecified atom stereocenters. The lowest BCUT2D eigenvalue weighted by Crippen LogP contribution is -2.25. The Morgan fingerprint density at radius 2 is 1.96 bits per heavy atom. The summed E-state index contributed by atoms with van der Waals surface area (Å²) in [6.07, 6.45) is 1.59. The van der Waals surface area contributed by atoms with Crippen molar-refractivity contribution in [3.8, 4) is 5.75 Å². The molecule has 0 atom stereocenters. The predicted octanol–water partition coefficient (Wildman–Crippen LogP) is 5.17. The Labute approximate surface area is 164 Å². The zero-order valence-electron chi connectivity index (χ0n) is 14.3. The molecule has 2 rings (SSSR count). The molecule has 0 saturated carbocycles. The molecule has 1 N–H and O–H groups in total. The zero-order chi connectivity index (χ0) is 18.4. The molecule has 0 aromatic heterocycles. The van der Waals surface area contributed by atoms with Gasteiger partial charge in [-0.3, -0.25) is 4.79 Å². The molecule has 0 bridgehead atoms. The van der Waals surface area contributed by atoms with Crippen LogP contribution in [-0.2, 0) is 4.79 Å². The lowest BCUT2D eigenvalue weighted by Gasteiger charge is -2.18. The number of nitrogens with one attached hydrogen (secondary N) is 1. The van der Waals surface area contributed by atoms with E-state index in [1.165, 1.54) is 0 Å². The molecule has 25 heavy (non-hydrogen) atoms. The number of hydrazone groups is 1. The van der Waals surface area contributed by atoms with E-state index in [1.807, 2.05) is 43.3 Å². The molecule has 0 spiro atoms. The summed E-state index contributed by atoms with van der Waals surface area (Å²) in [6, 6.07) is 11.6. The number of hydrogen-bond donors (Lipinski definition) is 1. The van der Waals surface area contributed by atoms with Crippen molar-refractivity contribution in [2.75, 3.05) is 6.61 Å². The summed E-state index contributed by atoms with van der Waals surface area (Å²) in [7, 11) is 0. The predicted molar refractivity (Wildman–Crippen MR) is 108 cm³/mol. The first-order valence-electron chi connectivity index (χ1n) is 7.88. The van der Waals surface area contributed by atoms with E-state index in [-0.39, 0.29) is 18.4 Å². The molecule has 0 aliphatic carbocycles. The van der Waals surface area contributed by atoms with Gasteiger partial charge in [-0.2, -0.15) is 5.10 Å². The molecule has 0 saturated heterocycles. The Morgan fingerprint density at radius 1 is 1.28 bits per heavy atom.